The highest BCUT2D eigenvalue weighted by atomic mass is 19.1. The molecule has 0 bridgehead atoms. The lowest BCUT2D eigenvalue weighted by Crippen LogP contribution is -2.23. The zero-order chi connectivity index (χ0) is 19.2. The van der Waals surface area contributed by atoms with Crippen LogP contribution in [0.15, 0.2) is 73.1 Å². The van der Waals surface area contributed by atoms with Gasteiger partial charge in [-0.3, -0.25) is 0 Å². The van der Waals surface area contributed by atoms with Gasteiger partial charge in [-0.15, -0.1) is 0 Å². The first-order valence-electron chi connectivity index (χ1n) is 9.39. The van der Waals surface area contributed by atoms with Crippen LogP contribution in [0.4, 0.5) is 4.39 Å². The molecule has 4 aromatic rings. The average molecular weight is 375 g/mol. The Morgan fingerprint density at radius 1 is 0.929 bits per heavy atom. The van der Waals surface area contributed by atoms with E-state index in [1.54, 1.807) is 18.5 Å². The number of ether oxygens (including phenoxy) is 1. The Labute approximate surface area is 163 Å². The highest BCUT2D eigenvalue weighted by Crippen LogP contribution is 2.26. The lowest BCUT2D eigenvalue weighted by molar-refractivity contribution is 0.314. The summed E-state index contributed by atoms with van der Waals surface area (Å²) in [6.45, 7) is 2.10. The zero-order valence-electron chi connectivity index (χ0n) is 15.5. The molecular formula is C23H22FN3O. The lowest BCUT2D eigenvalue weighted by atomic mass is 10.0. The summed E-state index contributed by atoms with van der Waals surface area (Å²) in [4.78, 5) is 7.40. The molecule has 142 valence electrons. The molecular weight excluding hydrogens is 353 g/mol. The van der Waals surface area contributed by atoms with E-state index >= 15 is 0 Å². The van der Waals surface area contributed by atoms with E-state index in [9.17, 15) is 4.39 Å². The number of halogens is 1. The maximum atomic E-state index is 13.2. The third-order valence-electron chi connectivity index (χ3n) is 4.61. The van der Waals surface area contributed by atoms with Gasteiger partial charge >= 0.3 is 0 Å². The molecule has 0 aliphatic rings. The smallest absolute Gasteiger partial charge is 0.123 e. The van der Waals surface area contributed by atoms with Gasteiger partial charge in [0.15, 0.2) is 0 Å². The second kappa shape index (κ2) is 8.67. The van der Waals surface area contributed by atoms with E-state index in [1.165, 1.54) is 6.07 Å². The van der Waals surface area contributed by atoms with Crippen LogP contribution in [0.1, 0.15) is 5.56 Å². The average Bonchev–Trinajstić information content (AvgIpc) is 3.19. The minimum absolute atomic E-state index is 0.188. The van der Waals surface area contributed by atoms with Gasteiger partial charge < -0.3 is 15.0 Å². The Hall–Kier alpha value is -3.18. The standard InChI is InChI=1S/C23H22FN3O/c24-20-5-1-3-17(13-20)9-10-25-11-12-28-21-6-2-4-18(14-21)19-7-8-22-23(15-19)27-16-26-22/h1-8,13-16,25H,9-12H2,(H,26,27). The van der Waals surface area contributed by atoms with Gasteiger partial charge in [0.2, 0.25) is 0 Å². The van der Waals surface area contributed by atoms with Gasteiger partial charge in [-0.2, -0.15) is 0 Å². The van der Waals surface area contributed by atoms with Crippen molar-refractivity contribution in [3.63, 3.8) is 0 Å². The Morgan fingerprint density at radius 3 is 2.75 bits per heavy atom. The van der Waals surface area contributed by atoms with Crippen molar-refractivity contribution in [2.75, 3.05) is 19.7 Å². The number of aromatic amines is 1. The molecule has 0 aliphatic heterocycles. The number of nitrogens with zero attached hydrogens (tertiary/aromatic N) is 1. The number of hydrogen-bond donors (Lipinski definition) is 2. The highest BCUT2D eigenvalue weighted by molar-refractivity contribution is 5.81. The normalized spacial score (nSPS) is 11.0. The van der Waals surface area contributed by atoms with Crippen molar-refractivity contribution in [3.8, 4) is 16.9 Å². The molecule has 1 aromatic heterocycles. The van der Waals surface area contributed by atoms with Gasteiger partial charge in [-0.1, -0.05) is 30.3 Å². The van der Waals surface area contributed by atoms with Gasteiger partial charge in [0.25, 0.3) is 0 Å². The molecule has 0 unspecified atom stereocenters. The maximum absolute atomic E-state index is 13.2. The molecule has 0 aliphatic carbocycles. The Kier molecular flexibility index (Phi) is 5.64. The number of benzene rings is 3. The van der Waals surface area contributed by atoms with Crippen LogP contribution < -0.4 is 10.1 Å². The monoisotopic (exact) mass is 375 g/mol. The van der Waals surface area contributed by atoms with Gasteiger partial charge in [-0.05, 0) is 66.1 Å². The fourth-order valence-corrected chi connectivity index (χ4v) is 3.17. The van der Waals surface area contributed by atoms with Gasteiger partial charge in [0.1, 0.15) is 18.2 Å². The minimum atomic E-state index is -0.188. The Bertz CT molecular complexity index is 1060. The number of rotatable bonds is 8. The third kappa shape index (κ3) is 4.56. The van der Waals surface area contributed by atoms with Gasteiger partial charge in [-0.25, -0.2) is 9.37 Å². The topological polar surface area (TPSA) is 49.9 Å². The van der Waals surface area contributed by atoms with Crippen LogP contribution in [0.5, 0.6) is 5.75 Å². The second-order valence-electron chi connectivity index (χ2n) is 6.64. The van der Waals surface area contributed by atoms with E-state index in [2.05, 4.69) is 33.5 Å². The SMILES string of the molecule is Fc1cccc(CCNCCOc2cccc(-c3ccc4nc[nH]c4c3)c2)c1. The van der Waals surface area contributed by atoms with Crippen molar-refractivity contribution in [2.45, 2.75) is 6.42 Å². The second-order valence-corrected chi connectivity index (χ2v) is 6.64. The number of fused-ring (bicyclic) bond motifs is 1. The minimum Gasteiger partial charge on any atom is -0.492 e. The maximum Gasteiger partial charge on any atom is 0.123 e. The number of nitrogens with one attached hydrogen (secondary N) is 2. The number of hydrogen-bond acceptors (Lipinski definition) is 3. The van der Waals surface area contributed by atoms with E-state index in [0.29, 0.717) is 6.61 Å². The van der Waals surface area contributed by atoms with Crippen molar-refractivity contribution in [1.29, 1.82) is 0 Å². The van der Waals surface area contributed by atoms with Crippen molar-refractivity contribution >= 4 is 11.0 Å². The Morgan fingerprint density at radius 2 is 1.82 bits per heavy atom. The molecule has 0 saturated carbocycles. The molecule has 5 heteroatoms. The zero-order valence-corrected chi connectivity index (χ0v) is 15.5. The molecule has 4 rings (SSSR count). The lowest BCUT2D eigenvalue weighted by Gasteiger charge is -2.09. The Balaban J connectivity index is 1.27. The predicted octanol–water partition coefficient (Wildman–Crippen LogP) is 4.58. The summed E-state index contributed by atoms with van der Waals surface area (Å²) >= 11 is 0. The van der Waals surface area contributed by atoms with Crippen LogP contribution in [-0.4, -0.2) is 29.7 Å². The molecule has 0 amide bonds. The fraction of sp³-hybridized carbons (Fsp3) is 0.174. The van der Waals surface area contributed by atoms with Crippen LogP contribution in [-0.2, 0) is 6.42 Å². The van der Waals surface area contributed by atoms with E-state index in [0.717, 1.165) is 53.0 Å². The largest absolute Gasteiger partial charge is 0.492 e. The van der Waals surface area contributed by atoms with E-state index in [1.807, 2.05) is 30.3 Å². The van der Waals surface area contributed by atoms with Crippen molar-refractivity contribution in [2.24, 2.45) is 0 Å². The van der Waals surface area contributed by atoms with Crippen LogP contribution in [0, 0.1) is 5.82 Å². The molecule has 3 aromatic carbocycles. The number of aromatic nitrogens is 2. The molecule has 4 nitrogen and oxygen atoms in total. The van der Waals surface area contributed by atoms with Crippen LogP contribution >= 0.6 is 0 Å². The molecule has 0 saturated heterocycles. The van der Waals surface area contributed by atoms with Crippen LogP contribution in [0.2, 0.25) is 0 Å². The third-order valence-corrected chi connectivity index (χ3v) is 4.61. The summed E-state index contributed by atoms with van der Waals surface area (Å²) in [5, 5.41) is 3.33. The van der Waals surface area contributed by atoms with E-state index < -0.39 is 0 Å². The summed E-state index contributed by atoms with van der Waals surface area (Å²) in [6, 6.07) is 21.0. The summed E-state index contributed by atoms with van der Waals surface area (Å²) in [5.74, 6) is 0.654. The molecule has 2 N–H and O–H groups in total. The van der Waals surface area contributed by atoms with Gasteiger partial charge in [0, 0.05) is 6.54 Å². The first kappa shape index (κ1) is 18.2. The van der Waals surface area contributed by atoms with Crippen molar-refractivity contribution in [1.82, 2.24) is 15.3 Å². The molecule has 0 radical (unpaired) electrons. The summed E-state index contributed by atoms with van der Waals surface area (Å²) in [7, 11) is 0. The van der Waals surface area contributed by atoms with Crippen molar-refractivity contribution < 1.29 is 9.13 Å². The quantitative estimate of drug-likeness (QED) is 0.443. The molecule has 0 spiro atoms. The van der Waals surface area contributed by atoms with Gasteiger partial charge in [0.05, 0.1) is 17.4 Å². The first-order chi connectivity index (χ1) is 13.8. The molecule has 28 heavy (non-hydrogen) atoms. The summed E-state index contributed by atoms with van der Waals surface area (Å²) in [6.07, 6.45) is 2.50. The van der Waals surface area contributed by atoms with Crippen LogP contribution in [0.25, 0.3) is 22.2 Å². The molecule has 1 heterocycles. The van der Waals surface area contributed by atoms with Crippen LogP contribution in [0.3, 0.4) is 0 Å². The van der Waals surface area contributed by atoms with E-state index in [4.69, 9.17) is 4.74 Å². The number of H-pyrrole nitrogens is 1. The predicted molar refractivity (Wildman–Crippen MR) is 110 cm³/mol. The highest BCUT2D eigenvalue weighted by Gasteiger charge is 2.03. The summed E-state index contributed by atoms with van der Waals surface area (Å²) in [5.41, 5.74) is 5.20. The van der Waals surface area contributed by atoms with Crippen molar-refractivity contribution in [3.05, 3.63) is 84.4 Å². The number of imidazole rings is 1. The molecule has 0 atom stereocenters. The van der Waals surface area contributed by atoms with E-state index in [-0.39, 0.29) is 5.82 Å². The first-order valence-corrected chi connectivity index (χ1v) is 9.39. The summed E-state index contributed by atoms with van der Waals surface area (Å²) < 4.78 is 19.0. The molecule has 0 fully saturated rings. The fourth-order valence-electron chi connectivity index (χ4n) is 3.17.